The van der Waals surface area contributed by atoms with Crippen LogP contribution in [-0.2, 0) is 0 Å². The highest BCUT2D eigenvalue weighted by Crippen LogP contribution is 2.42. The Morgan fingerprint density at radius 1 is 1.24 bits per heavy atom. The molecule has 7 nitrogen and oxygen atoms in total. The molecule has 0 radical (unpaired) electrons. The average molecular weight is 410 g/mol. The van der Waals surface area contributed by atoms with Gasteiger partial charge >= 0.3 is 6.03 Å². The second kappa shape index (κ2) is 7.71. The normalized spacial score (nSPS) is 13.5. The van der Waals surface area contributed by atoms with E-state index in [1.807, 2.05) is 31.4 Å². The van der Waals surface area contributed by atoms with Crippen molar-refractivity contribution in [3.63, 3.8) is 0 Å². The Hall–Kier alpha value is -3.13. The van der Waals surface area contributed by atoms with E-state index in [4.69, 9.17) is 0 Å². The molecule has 0 aliphatic heterocycles. The smallest absolute Gasteiger partial charge is 0.342 e. The fourth-order valence-corrected chi connectivity index (χ4v) is 3.71. The molecular formula is C21H22N4O3S. The molecule has 29 heavy (non-hydrogen) atoms. The fourth-order valence-electron chi connectivity index (χ4n) is 3.09. The lowest BCUT2D eigenvalue weighted by Crippen LogP contribution is -2.35. The van der Waals surface area contributed by atoms with Gasteiger partial charge in [-0.15, -0.1) is 11.3 Å². The first-order chi connectivity index (χ1) is 13.9. The van der Waals surface area contributed by atoms with Gasteiger partial charge in [-0.25, -0.2) is 4.79 Å². The number of nitrogens with one attached hydrogen (secondary N) is 2. The van der Waals surface area contributed by atoms with Crippen molar-refractivity contribution in [1.82, 2.24) is 15.1 Å². The number of thiophene rings is 1. The third kappa shape index (κ3) is 4.17. The zero-order chi connectivity index (χ0) is 20.5. The van der Waals surface area contributed by atoms with Crippen molar-refractivity contribution >= 4 is 29.0 Å². The molecule has 1 aliphatic rings. The van der Waals surface area contributed by atoms with Crippen molar-refractivity contribution in [2.45, 2.75) is 38.6 Å². The molecule has 2 amide bonds. The first-order valence-corrected chi connectivity index (χ1v) is 10.4. The highest BCUT2D eigenvalue weighted by Gasteiger charge is 2.31. The molecule has 4 rings (SSSR count). The molecule has 0 unspecified atom stereocenters. The van der Waals surface area contributed by atoms with Gasteiger partial charge in [0.15, 0.2) is 0 Å². The molecule has 8 heteroatoms. The maximum absolute atomic E-state index is 12.6. The van der Waals surface area contributed by atoms with Gasteiger partial charge in [-0.3, -0.25) is 4.79 Å². The summed E-state index contributed by atoms with van der Waals surface area (Å²) in [6.07, 6.45) is 2.03. The van der Waals surface area contributed by atoms with E-state index < -0.39 is 0 Å². The second-order valence-electron chi connectivity index (χ2n) is 7.41. The monoisotopic (exact) mass is 410 g/mol. The second-order valence-corrected chi connectivity index (χ2v) is 8.36. The van der Waals surface area contributed by atoms with E-state index in [0.29, 0.717) is 27.7 Å². The largest absolute Gasteiger partial charge is 0.507 e. The Balaban J connectivity index is 1.65. The van der Waals surface area contributed by atoms with Gasteiger partial charge in [0.25, 0.3) is 5.91 Å². The van der Waals surface area contributed by atoms with Gasteiger partial charge in [0, 0.05) is 23.2 Å². The van der Waals surface area contributed by atoms with E-state index in [-0.39, 0.29) is 23.7 Å². The summed E-state index contributed by atoms with van der Waals surface area (Å²) in [6.45, 7) is 3.79. The standard InChI is InChI=1S/C21H22N4O3S/c1-12(2)22-21(28)25-17(13-5-6-13)11-16(24-25)15-10-14(7-8-18(15)26)23-20(27)19-4-3-9-29-19/h3-4,7-13,26H,5-6H2,1-2H3,(H,22,28)(H,23,27). The predicted octanol–water partition coefficient (Wildman–Crippen LogP) is 4.41. The van der Waals surface area contributed by atoms with Crippen molar-refractivity contribution < 1.29 is 14.7 Å². The molecule has 0 saturated heterocycles. The van der Waals surface area contributed by atoms with Crippen LogP contribution in [0.4, 0.5) is 10.5 Å². The molecule has 1 saturated carbocycles. The van der Waals surface area contributed by atoms with Crippen LogP contribution in [0, 0.1) is 0 Å². The Labute approximate surface area is 172 Å². The van der Waals surface area contributed by atoms with E-state index >= 15 is 0 Å². The van der Waals surface area contributed by atoms with Crippen LogP contribution in [-0.4, -0.2) is 32.9 Å². The number of carbonyl (C=O) groups is 2. The summed E-state index contributed by atoms with van der Waals surface area (Å²) >= 11 is 1.36. The highest BCUT2D eigenvalue weighted by molar-refractivity contribution is 7.12. The molecule has 0 bridgehead atoms. The van der Waals surface area contributed by atoms with E-state index in [1.54, 1.807) is 18.2 Å². The summed E-state index contributed by atoms with van der Waals surface area (Å²) in [5, 5.41) is 22.4. The Kier molecular flexibility index (Phi) is 5.10. The molecule has 2 heterocycles. The topological polar surface area (TPSA) is 96.3 Å². The van der Waals surface area contributed by atoms with Crippen LogP contribution in [0.1, 0.15) is 48.0 Å². The van der Waals surface area contributed by atoms with Crippen molar-refractivity contribution in [3.05, 3.63) is 52.3 Å². The van der Waals surface area contributed by atoms with E-state index in [1.165, 1.54) is 22.1 Å². The van der Waals surface area contributed by atoms with Gasteiger partial charge in [0.1, 0.15) is 5.75 Å². The van der Waals surface area contributed by atoms with Crippen molar-refractivity contribution in [2.75, 3.05) is 5.32 Å². The van der Waals surface area contributed by atoms with Crippen molar-refractivity contribution in [2.24, 2.45) is 0 Å². The van der Waals surface area contributed by atoms with Crippen LogP contribution < -0.4 is 10.6 Å². The zero-order valence-corrected chi connectivity index (χ0v) is 17.0. The number of benzene rings is 1. The third-order valence-electron chi connectivity index (χ3n) is 4.61. The van der Waals surface area contributed by atoms with Gasteiger partial charge < -0.3 is 15.7 Å². The molecule has 1 fully saturated rings. The molecule has 0 spiro atoms. The van der Waals surface area contributed by atoms with Crippen LogP contribution in [0.2, 0.25) is 0 Å². The third-order valence-corrected chi connectivity index (χ3v) is 5.48. The highest BCUT2D eigenvalue weighted by atomic mass is 32.1. The lowest BCUT2D eigenvalue weighted by atomic mass is 10.1. The number of anilines is 1. The molecule has 0 atom stereocenters. The summed E-state index contributed by atoms with van der Waals surface area (Å²) in [5.41, 5.74) is 2.35. The zero-order valence-electron chi connectivity index (χ0n) is 16.2. The quantitative estimate of drug-likeness (QED) is 0.543. The summed E-state index contributed by atoms with van der Waals surface area (Å²) in [7, 11) is 0. The number of aromatic hydroxyl groups is 1. The number of amides is 2. The van der Waals surface area contributed by atoms with Crippen LogP contribution in [0.5, 0.6) is 5.75 Å². The first-order valence-electron chi connectivity index (χ1n) is 9.51. The fraction of sp³-hybridized carbons (Fsp3) is 0.286. The molecule has 150 valence electrons. The molecule has 1 aliphatic carbocycles. The van der Waals surface area contributed by atoms with Crippen molar-refractivity contribution in [3.8, 4) is 17.0 Å². The van der Waals surface area contributed by atoms with E-state index in [0.717, 1.165) is 18.5 Å². The van der Waals surface area contributed by atoms with Crippen molar-refractivity contribution in [1.29, 1.82) is 0 Å². The SMILES string of the molecule is CC(C)NC(=O)n1nc(-c2cc(NC(=O)c3cccs3)ccc2O)cc1C1CC1. The van der Waals surface area contributed by atoms with Crippen LogP contribution >= 0.6 is 11.3 Å². The van der Waals surface area contributed by atoms with Crippen LogP contribution in [0.25, 0.3) is 11.3 Å². The number of phenolic OH excluding ortho intramolecular Hbond substituents is 1. The molecule has 3 N–H and O–H groups in total. The summed E-state index contributed by atoms with van der Waals surface area (Å²) in [4.78, 5) is 25.5. The number of nitrogens with zero attached hydrogens (tertiary/aromatic N) is 2. The number of hydrogen-bond donors (Lipinski definition) is 3. The van der Waals surface area contributed by atoms with Crippen LogP contribution in [0.15, 0.2) is 41.8 Å². The Morgan fingerprint density at radius 3 is 2.69 bits per heavy atom. The van der Waals surface area contributed by atoms with Crippen LogP contribution in [0.3, 0.4) is 0 Å². The van der Waals surface area contributed by atoms with E-state index in [9.17, 15) is 14.7 Å². The number of carbonyl (C=O) groups excluding carboxylic acids is 2. The minimum absolute atomic E-state index is 0.00796. The predicted molar refractivity (Wildman–Crippen MR) is 113 cm³/mol. The number of rotatable bonds is 5. The van der Waals surface area contributed by atoms with Gasteiger partial charge in [0.2, 0.25) is 0 Å². The Morgan fingerprint density at radius 2 is 2.03 bits per heavy atom. The van der Waals surface area contributed by atoms with Gasteiger partial charge in [-0.1, -0.05) is 6.07 Å². The summed E-state index contributed by atoms with van der Waals surface area (Å²) in [5.74, 6) is 0.130. The minimum atomic E-state index is -0.283. The molecular weight excluding hydrogens is 388 g/mol. The summed E-state index contributed by atoms with van der Waals surface area (Å²) in [6, 6.07) is 9.94. The van der Waals surface area contributed by atoms with Gasteiger partial charge in [0.05, 0.1) is 16.3 Å². The lowest BCUT2D eigenvalue weighted by Gasteiger charge is -2.10. The minimum Gasteiger partial charge on any atom is -0.507 e. The number of hydrogen-bond acceptors (Lipinski definition) is 5. The lowest BCUT2D eigenvalue weighted by molar-refractivity contribution is 0.103. The number of aromatic nitrogens is 2. The van der Waals surface area contributed by atoms with Gasteiger partial charge in [-0.05, 0) is 62.4 Å². The molecule has 2 aromatic heterocycles. The maximum atomic E-state index is 12.6. The summed E-state index contributed by atoms with van der Waals surface area (Å²) < 4.78 is 1.39. The maximum Gasteiger partial charge on any atom is 0.342 e. The Bertz CT molecular complexity index is 1050. The number of phenols is 1. The molecule has 1 aromatic carbocycles. The van der Waals surface area contributed by atoms with Gasteiger partial charge in [-0.2, -0.15) is 9.78 Å². The molecule has 3 aromatic rings. The average Bonchev–Trinajstić information content (AvgIpc) is 3.19. The van der Waals surface area contributed by atoms with E-state index in [2.05, 4.69) is 15.7 Å². The first kappa shape index (κ1) is 19.2.